The average Bonchev–Trinajstić information content (AvgIpc) is 2.25. The first-order valence-electron chi connectivity index (χ1n) is 4.91. The fraction of sp³-hybridized carbons (Fsp3) is 0.400. The van der Waals surface area contributed by atoms with E-state index < -0.39 is 0 Å². The molecule has 0 bridgehead atoms. The molecule has 1 amide bonds. The molecule has 5 heteroatoms. The number of nitrogens with one attached hydrogen (secondary N) is 2. The van der Waals surface area contributed by atoms with Crippen LogP contribution < -0.4 is 10.6 Å². The Kier molecular flexibility index (Phi) is 3.06. The van der Waals surface area contributed by atoms with Gasteiger partial charge >= 0.3 is 0 Å². The highest BCUT2D eigenvalue weighted by Gasteiger charge is 2.21. The van der Waals surface area contributed by atoms with Gasteiger partial charge in [0.2, 0.25) is 5.91 Å². The Morgan fingerprint density at radius 1 is 1.53 bits per heavy atom. The predicted molar refractivity (Wildman–Crippen MR) is 58.9 cm³/mol. The number of carbonyl (C=O) groups excluding carboxylic acids is 1. The minimum Gasteiger partial charge on any atom is -0.358 e. The van der Waals surface area contributed by atoms with Gasteiger partial charge < -0.3 is 10.6 Å². The normalized spacial score (nSPS) is 20.9. The smallest absolute Gasteiger partial charge is 0.242 e. The Hall–Kier alpha value is -1.29. The maximum absolute atomic E-state index is 11.4. The molecule has 0 radical (unpaired) electrons. The van der Waals surface area contributed by atoms with E-state index in [9.17, 15) is 4.79 Å². The lowest BCUT2D eigenvalue weighted by molar-refractivity contribution is -0.123. The van der Waals surface area contributed by atoms with Gasteiger partial charge in [-0.2, -0.15) is 0 Å². The highest BCUT2D eigenvalue weighted by atomic mass is 35.5. The molecule has 0 aromatic carbocycles. The van der Waals surface area contributed by atoms with Gasteiger partial charge in [0.1, 0.15) is 11.9 Å². The molecule has 0 saturated carbocycles. The molecule has 2 heterocycles. The van der Waals surface area contributed by atoms with Gasteiger partial charge in [0.15, 0.2) is 0 Å². The summed E-state index contributed by atoms with van der Waals surface area (Å²) in [6, 6.07) is 3.34. The number of carbonyl (C=O) groups is 1. The average molecular weight is 226 g/mol. The molecule has 4 nitrogen and oxygen atoms in total. The Labute approximate surface area is 93.0 Å². The van der Waals surface area contributed by atoms with E-state index >= 15 is 0 Å². The molecule has 1 aromatic heterocycles. The Morgan fingerprint density at radius 2 is 2.40 bits per heavy atom. The van der Waals surface area contributed by atoms with Crippen molar-refractivity contribution in [1.82, 2.24) is 10.3 Å². The molecule has 15 heavy (non-hydrogen) atoms. The number of amides is 1. The summed E-state index contributed by atoms with van der Waals surface area (Å²) in [5.74, 6) is 0.722. The SMILES string of the molecule is O=C1NCCCC1Nc1ccc(Cl)cn1. The molecule has 80 valence electrons. The highest BCUT2D eigenvalue weighted by Crippen LogP contribution is 2.13. The van der Waals surface area contributed by atoms with Crippen LogP contribution in [0.4, 0.5) is 5.82 Å². The van der Waals surface area contributed by atoms with Gasteiger partial charge in [-0.15, -0.1) is 0 Å². The summed E-state index contributed by atoms with van der Waals surface area (Å²) in [6.07, 6.45) is 3.40. The quantitative estimate of drug-likeness (QED) is 0.801. The molecule has 1 aromatic rings. The summed E-state index contributed by atoms with van der Waals surface area (Å²) in [6.45, 7) is 0.769. The molecule has 1 aliphatic heterocycles. The van der Waals surface area contributed by atoms with E-state index in [1.54, 1.807) is 18.3 Å². The number of anilines is 1. The zero-order chi connectivity index (χ0) is 10.7. The van der Waals surface area contributed by atoms with Gasteiger partial charge in [-0.05, 0) is 25.0 Å². The summed E-state index contributed by atoms with van der Waals surface area (Å²) >= 11 is 5.71. The van der Waals surface area contributed by atoms with E-state index in [0.717, 1.165) is 19.4 Å². The second-order valence-electron chi connectivity index (χ2n) is 3.49. The van der Waals surface area contributed by atoms with E-state index in [1.165, 1.54) is 0 Å². The first-order valence-corrected chi connectivity index (χ1v) is 5.29. The van der Waals surface area contributed by atoms with Crippen molar-refractivity contribution in [3.05, 3.63) is 23.4 Å². The molecule has 0 spiro atoms. The first kappa shape index (κ1) is 10.2. The van der Waals surface area contributed by atoms with Gasteiger partial charge in [-0.3, -0.25) is 4.79 Å². The summed E-state index contributed by atoms with van der Waals surface area (Å²) in [7, 11) is 0. The number of hydrogen-bond acceptors (Lipinski definition) is 3. The maximum Gasteiger partial charge on any atom is 0.242 e. The molecule has 1 aliphatic rings. The number of rotatable bonds is 2. The molecule has 2 rings (SSSR count). The van der Waals surface area contributed by atoms with Crippen LogP contribution in [0, 0.1) is 0 Å². The van der Waals surface area contributed by atoms with Crippen molar-refractivity contribution in [3.8, 4) is 0 Å². The third kappa shape index (κ3) is 2.59. The number of pyridine rings is 1. The van der Waals surface area contributed by atoms with Crippen LogP contribution in [0.15, 0.2) is 18.3 Å². The number of halogens is 1. The number of nitrogens with zero attached hydrogens (tertiary/aromatic N) is 1. The van der Waals surface area contributed by atoms with Crippen molar-refractivity contribution < 1.29 is 4.79 Å². The third-order valence-electron chi connectivity index (χ3n) is 2.33. The highest BCUT2D eigenvalue weighted by molar-refractivity contribution is 6.30. The summed E-state index contributed by atoms with van der Waals surface area (Å²) < 4.78 is 0. The lowest BCUT2D eigenvalue weighted by atomic mass is 10.1. The van der Waals surface area contributed by atoms with Gasteiger partial charge in [0.25, 0.3) is 0 Å². The van der Waals surface area contributed by atoms with Crippen molar-refractivity contribution >= 4 is 23.3 Å². The van der Waals surface area contributed by atoms with E-state index in [-0.39, 0.29) is 11.9 Å². The predicted octanol–water partition coefficient (Wildman–Crippen LogP) is 1.43. The van der Waals surface area contributed by atoms with Crippen LogP contribution in [0.5, 0.6) is 0 Å². The Bertz CT molecular complexity index is 352. The molecular formula is C10H12ClN3O. The number of aromatic nitrogens is 1. The van der Waals surface area contributed by atoms with Crippen molar-refractivity contribution in [1.29, 1.82) is 0 Å². The van der Waals surface area contributed by atoms with E-state index in [2.05, 4.69) is 15.6 Å². The maximum atomic E-state index is 11.4. The van der Waals surface area contributed by atoms with E-state index in [0.29, 0.717) is 10.8 Å². The van der Waals surface area contributed by atoms with Crippen molar-refractivity contribution in [2.24, 2.45) is 0 Å². The van der Waals surface area contributed by atoms with Gasteiger partial charge in [0, 0.05) is 12.7 Å². The summed E-state index contributed by atoms with van der Waals surface area (Å²) in [5, 5.41) is 6.48. The van der Waals surface area contributed by atoms with Crippen molar-refractivity contribution in [2.75, 3.05) is 11.9 Å². The van der Waals surface area contributed by atoms with Crippen LogP contribution in [0.3, 0.4) is 0 Å². The summed E-state index contributed by atoms with van der Waals surface area (Å²) in [5.41, 5.74) is 0. The lowest BCUT2D eigenvalue weighted by Crippen LogP contribution is -2.44. The fourth-order valence-electron chi connectivity index (χ4n) is 1.55. The largest absolute Gasteiger partial charge is 0.358 e. The number of piperidine rings is 1. The molecular weight excluding hydrogens is 214 g/mol. The van der Waals surface area contributed by atoms with Gasteiger partial charge in [-0.25, -0.2) is 4.98 Å². The monoisotopic (exact) mass is 225 g/mol. The Balaban J connectivity index is 2.01. The molecule has 1 atom stereocenters. The third-order valence-corrected chi connectivity index (χ3v) is 2.56. The molecule has 0 aliphatic carbocycles. The molecule has 1 saturated heterocycles. The van der Waals surface area contributed by atoms with Crippen LogP contribution >= 0.6 is 11.6 Å². The zero-order valence-electron chi connectivity index (χ0n) is 8.16. The van der Waals surface area contributed by atoms with Crippen LogP contribution in [-0.4, -0.2) is 23.5 Å². The number of hydrogen-bond donors (Lipinski definition) is 2. The zero-order valence-corrected chi connectivity index (χ0v) is 8.92. The minimum absolute atomic E-state index is 0.0398. The first-order chi connectivity index (χ1) is 7.25. The fourth-order valence-corrected chi connectivity index (χ4v) is 1.66. The van der Waals surface area contributed by atoms with Gasteiger partial charge in [0.05, 0.1) is 5.02 Å². The lowest BCUT2D eigenvalue weighted by Gasteiger charge is -2.23. The molecule has 2 N–H and O–H groups in total. The molecule has 1 fully saturated rings. The van der Waals surface area contributed by atoms with Crippen molar-refractivity contribution in [3.63, 3.8) is 0 Å². The van der Waals surface area contributed by atoms with E-state index in [4.69, 9.17) is 11.6 Å². The second kappa shape index (κ2) is 4.49. The van der Waals surface area contributed by atoms with Crippen LogP contribution in [0.1, 0.15) is 12.8 Å². The second-order valence-corrected chi connectivity index (χ2v) is 3.93. The Morgan fingerprint density at radius 3 is 3.07 bits per heavy atom. The van der Waals surface area contributed by atoms with Crippen LogP contribution in [-0.2, 0) is 4.79 Å². The topological polar surface area (TPSA) is 54.0 Å². The standard InChI is InChI=1S/C10H12ClN3O/c11-7-3-4-9(13-6-7)14-8-2-1-5-12-10(8)15/h3-4,6,8H,1-2,5H2,(H,12,15)(H,13,14). The van der Waals surface area contributed by atoms with E-state index in [1.807, 2.05) is 0 Å². The summed E-state index contributed by atoms with van der Waals surface area (Å²) in [4.78, 5) is 15.5. The molecule has 1 unspecified atom stereocenters. The van der Waals surface area contributed by atoms with Crippen LogP contribution in [0.2, 0.25) is 5.02 Å². The van der Waals surface area contributed by atoms with Crippen molar-refractivity contribution in [2.45, 2.75) is 18.9 Å². The van der Waals surface area contributed by atoms with Gasteiger partial charge in [-0.1, -0.05) is 11.6 Å². The van der Waals surface area contributed by atoms with Crippen LogP contribution in [0.25, 0.3) is 0 Å². The minimum atomic E-state index is -0.174.